The van der Waals surface area contributed by atoms with Crippen molar-refractivity contribution in [2.45, 2.75) is 38.5 Å². The quantitative estimate of drug-likeness (QED) is 0.696. The first-order chi connectivity index (χ1) is 6.25. The van der Waals surface area contributed by atoms with Crippen molar-refractivity contribution >= 4 is 12.2 Å². The Hall–Kier alpha value is -0.700. The Kier molecular flexibility index (Phi) is 2.44. The third kappa shape index (κ3) is 1.97. The number of rotatable bonds is 1. The fourth-order valence-corrected chi connectivity index (χ4v) is 2.27. The molecule has 0 aliphatic heterocycles. The summed E-state index contributed by atoms with van der Waals surface area (Å²) in [5, 5.41) is 0. The van der Waals surface area contributed by atoms with Crippen molar-refractivity contribution in [3.05, 3.63) is 22.2 Å². The van der Waals surface area contributed by atoms with E-state index < -0.39 is 0 Å². The number of hydrogen-bond donors (Lipinski definition) is 1. The zero-order valence-electron chi connectivity index (χ0n) is 7.84. The minimum Gasteiger partial charge on any atom is -0.347 e. The lowest BCUT2D eigenvalue weighted by Gasteiger charge is -2.08. The van der Waals surface area contributed by atoms with E-state index in [2.05, 4.69) is 9.97 Å². The summed E-state index contributed by atoms with van der Waals surface area (Å²) in [5.74, 6) is 1.73. The summed E-state index contributed by atoms with van der Waals surface area (Å²) in [6.07, 6.45) is 5.20. The molecule has 1 fully saturated rings. The van der Waals surface area contributed by atoms with Crippen LogP contribution in [0, 0.1) is 11.6 Å². The van der Waals surface area contributed by atoms with E-state index in [0.29, 0.717) is 5.92 Å². The Morgan fingerprint density at radius 1 is 1.46 bits per heavy atom. The minimum absolute atomic E-state index is 0.626. The molecule has 0 radical (unpaired) electrons. The maximum absolute atomic E-state index is 5.09. The van der Waals surface area contributed by atoms with E-state index in [9.17, 15) is 0 Å². The first-order valence-corrected chi connectivity index (χ1v) is 5.24. The van der Waals surface area contributed by atoms with Gasteiger partial charge in [-0.25, -0.2) is 4.98 Å². The lowest BCUT2D eigenvalue weighted by atomic mass is 10.1. The van der Waals surface area contributed by atoms with Crippen LogP contribution in [0.25, 0.3) is 0 Å². The Bertz CT molecular complexity index is 350. The highest BCUT2D eigenvalue weighted by Gasteiger charge is 2.18. The van der Waals surface area contributed by atoms with Gasteiger partial charge in [0, 0.05) is 11.6 Å². The van der Waals surface area contributed by atoms with Gasteiger partial charge in [0.15, 0.2) is 0 Å². The maximum Gasteiger partial charge on any atom is 0.129 e. The molecule has 0 amide bonds. The van der Waals surface area contributed by atoms with E-state index >= 15 is 0 Å². The number of aryl methyl sites for hydroxylation is 1. The fourth-order valence-electron chi connectivity index (χ4n) is 1.99. The third-order valence-electron chi connectivity index (χ3n) is 2.64. The van der Waals surface area contributed by atoms with Gasteiger partial charge in [0.25, 0.3) is 0 Å². The summed E-state index contributed by atoms with van der Waals surface area (Å²) in [5.41, 5.74) is 1.13. The van der Waals surface area contributed by atoms with E-state index in [4.69, 9.17) is 12.2 Å². The molecule has 0 unspecified atom stereocenters. The first-order valence-electron chi connectivity index (χ1n) is 4.83. The van der Waals surface area contributed by atoms with Crippen LogP contribution in [-0.2, 0) is 0 Å². The van der Waals surface area contributed by atoms with Crippen molar-refractivity contribution in [1.82, 2.24) is 9.97 Å². The average molecular weight is 194 g/mol. The van der Waals surface area contributed by atoms with Crippen molar-refractivity contribution in [3.8, 4) is 0 Å². The summed E-state index contributed by atoms with van der Waals surface area (Å²) < 4.78 is 0.721. The highest BCUT2D eigenvalue weighted by atomic mass is 32.1. The minimum atomic E-state index is 0.626. The van der Waals surface area contributed by atoms with Crippen molar-refractivity contribution in [1.29, 1.82) is 0 Å². The summed E-state index contributed by atoms with van der Waals surface area (Å²) in [6, 6.07) is 1.91. The van der Waals surface area contributed by atoms with Gasteiger partial charge < -0.3 is 4.98 Å². The number of H-pyrrole nitrogens is 1. The van der Waals surface area contributed by atoms with Crippen LogP contribution >= 0.6 is 12.2 Å². The molecule has 0 aromatic carbocycles. The molecule has 1 heterocycles. The summed E-state index contributed by atoms with van der Waals surface area (Å²) >= 11 is 5.09. The number of nitrogens with zero attached hydrogens (tertiary/aromatic N) is 1. The largest absolute Gasteiger partial charge is 0.347 e. The molecule has 3 heteroatoms. The SMILES string of the molecule is Cc1cc(=S)nc(C2CCCC2)[nH]1. The molecule has 0 spiro atoms. The molecule has 2 rings (SSSR count). The average Bonchev–Trinajstić information content (AvgIpc) is 2.53. The van der Waals surface area contributed by atoms with Gasteiger partial charge in [-0.05, 0) is 25.8 Å². The van der Waals surface area contributed by atoms with Gasteiger partial charge in [-0.15, -0.1) is 0 Å². The van der Waals surface area contributed by atoms with Crippen LogP contribution in [0.4, 0.5) is 0 Å². The highest BCUT2D eigenvalue weighted by Crippen LogP contribution is 2.31. The molecular weight excluding hydrogens is 180 g/mol. The van der Waals surface area contributed by atoms with Crippen molar-refractivity contribution < 1.29 is 0 Å². The molecule has 0 saturated heterocycles. The normalized spacial score (nSPS) is 17.9. The van der Waals surface area contributed by atoms with Crippen molar-refractivity contribution in [2.24, 2.45) is 0 Å². The maximum atomic E-state index is 5.09. The van der Waals surface area contributed by atoms with Gasteiger partial charge >= 0.3 is 0 Å². The predicted molar refractivity (Wildman–Crippen MR) is 55.4 cm³/mol. The molecular formula is C10H14N2S. The summed E-state index contributed by atoms with van der Waals surface area (Å²) in [7, 11) is 0. The second-order valence-electron chi connectivity index (χ2n) is 3.77. The van der Waals surface area contributed by atoms with E-state index in [0.717, 1.165) is 16.2 Å². The monoisotopic (exact) mass is 194 g/mol. The number of aromatic amines is 1. The van der Waals surface area contributed by atoms with Crippen LogP contribution in [0.2, 0.25) is 0 Å². The van der Waals surface area contributed by atoms with Crippen LogP contribution in [0.3, 0.4) is 0 Å². The van der Waals surface area contributed by atoms with Crippen LogP contribution < -0.4 is 0 Å². The van der Waals surface area contributed by atoms with Gasteiger partial charge in [-0.1, -0.05) is 25.1 Å². The third-order valence-corrected chi connectivity index (χ3v) is 2.85. The van der Waals surface area contributed by atoms with Crippen LogP contribution in [0.1, 0.15) is 43.1 Å². The fraction of sp³-hybridized carbons (Fsp3) is 0.600. The predicted octanol–water partition coefficient (Wildman–Crippen LogP) is 3.11. The summed E-state index contributed by atoms with van der Waals surface area (Å²) in [6.45, 7) is 2.04. The molecule has 1 N–H and O–H groups in total. The molecule has 1 aromatic heterocycles. The van der Waals surface area contributed by atoms with Crippen LogP contribution in [0.15, 0.2) is 6.07 Å². The molecule has 70 valence electrons. The first kappa shape index (κ1) is 8.88. The van der Waals surface area contributed by atoms with E-state index in [1.165, 1.54) is 25.7 Å². The van der Waals surface area contributed by atoms with E-state index in [1.54, 1.807) is 0 Å². The molecule has 2 nitrogen and oxygen atoms in total. The second kappa shape index (κ2) is 3.58. The molecule has 1 aliphatic carbocycles. The number of hydrogen-bond acceptors (Lipinski definition) is 2. The van der Waals surface area contributed by atoms with Gasteiger partial charge in [0.1, 0.15) is 10.5 Å². The van der Waals surface area contributed by atoms with Gasteiger partial charge in [0.2, 0.25) is 0 Å². The zero-order chi connectivity index (χ0) is 9.26. The van der Waals surface area contributed by atoms with Gasteiger partial charge in [-0.2, -0.15) is 0 Å². The highest BCUT2D eigenvalue weighted by molar-refractivity contribution is 7.71. The van der Waals surface area contributed by atoms with Crippen LogP contribution in [-0.4, -0.2) is 9.97 Å². The second-order valence-corrected chi connectivity index (χ2v) is 4.19. The van der Waals surface area contributed by atoms with Gasteiger partial charge in [-0.3, -0.25) is 0 Å². The standard InChI is InChI=1S/C10H14N2S/c1-7-6-9(13)12-10(11-7)8-4-2-3-5-8/h6,8H,2-5H2,1H3,(H,11,12,13). The van der Waals surface area contributed by atoms with Crippen LogP contribution in [0.5, 0.6) is 0 Å². The Balaban J connectivity index is 2.33. The Morgan fingerprint density at radius 3 is 2.77 bits per heavy atom. The Morgan fingerprint density at radius 2 is 2.15 bits per heavy atom. The van der Waals surface area contributed by atoms with Crippen molar-refractivity contribution in [3.63, 3.8) is 0 Å². The lowest BCUT2D eigenvalue weighted by Crippen LogP contribution is -2.01. The molecule has 1 aromatic rings. The molecule has 13 heavy (non-hydrogen) atoms. The number of nitrogens with one attached hydrogen (secondary N) is 1. The van der Waals surface area contributed by atoms with E-state index in [-0.39, 0.29) is 0 Å². The molecule has 1 aliphatic rings. The summed E-state index contributed by atoms with van der Waals surface area (Å²) in [4.78, 5) is 7.69. The zero-order valence-corrected chi connectivity index (χ0v) is 8.66. The Labute approximate surface area is 83.4 Å². The lowest BCUT2D eigenvalue weighted by molar-refractivity contribution is 0.662. The number of aromatic nitrogens is 2. The van der Waals surface area contributed by atoms with Crippen molar-refractivity contribution in [2.75, 3.05) is 0 Å². The smallest absolute Gasteiger partial charge is 0.129 e. The van der Waals surface area contributed by atoms with E-state index in [1.807, 2.05) is 13.0 Å². The molecule has 0 bridgehead atoms. The molecule has 0 atom stereocenters. The van der Waals surface area contributed by atoms with Gasteiger partial charge in [0.05, 0.1) is 0 Å². The molecule has 1 saturated carbocycles. The topological polar surface area (TPSA) is 28.7 Å².